The minimum absolute atomic E-state index is 0.122. The SMILES string of the molecule is COc1ccccc1CCNS(=O)(=O)c1ccc(CN)o1. The van der Waals surface area contributed by atoms with Gasteiger partial charge in [-0.3, -0.25) is 0 Å². The molecule has 0 bridgehead atoms. The Kier molecular flexibility index (Phi) is 5.00. The second-order valence-corrected chi connectivity index (χ2v) is 6.08. The van der Waals surface area contributed by atoms with Crippen molar-refractivity contribution in [2.75, 3.05) is 13.7 Å². The molecule has 114 valence electrons. The van der Waals surface area contributed by atoms with Crippen molar-refractivity contribution < 1.29 is 17.6 Å². The molecule has 2 rings (SSSR count). The van der Waals surface area contributed by atoms with Crippen LogP contribution in [0.15, 0.2) is 45.9 Å². The predicted molar refractivity (Wildman–Crippen MR) is 78.5 cm³/mol. The van der Waals surface area contributed by atoms with Crippen LogP contribution in [0.25, 0.3) is 0 Å². The van der Waals surface area contributed by atoms with E-state index in [1.54, 1.807) is 13.2 Å². The van der Waals surface area contributed by atoms with Crippen molar-refractivity contribution >= 4 is 10.0 Å². The molecule has 0 aliphatic heterocycles. The quantitative estimate of drug-likeness (QED) is 0.803. The molecule has 0 aliphatic carbocycles. The Hall–Kier alpha value is -1.83. The number of para-hydroxylation sites is 1. The van der Waals surface area contributed by atoms with Crippen LogP contribution < -0.4 is 15.2 Å². The zero-order valence-corrected chi connectivity index (χ0v) is 12.5. The van der Waals surface area contributed by atoms with E-state index in [2.05, 4.69) is 4.72 Å². The van der Waals surface area contributed by atoms with Gasteiger partial charge in [-0.05, 0) is 30.2 Å². The molecule has 1 aromatic carbocycles. The molecule has 2 aromatic rings. The van der Waals surface area contributed by atoms with E-state index in [-0.39, 0.29) is 18.2 Å². The van der Waals surface area contributed by atoms with Crippen LogP contribution in [0.3, 0.4) is 0 Å². The first-order valence-electron chi connectivity index (χ1n) is 6.47. The minimum atomic E-state index is -3.65. The number of nitrogens with one attached hydrogen (secondary N) is 1. The minimum Gasteiger partial charge on any atom is -0.496 e. The maximum absolute atomic E-state index is 12.0. The molecule has 0 saturated heterocycles. The number of benzene rings is 1. The topological polar surface area (TPSA) is 94.6 Å². The van der Waals surface area contributed by atoms with E-state index >= 15 is 0 Å². The van der Waals surface area contributed by atoms with Crippen LogP contribution in [0, 0.1) is 0 Å². The van der Waals surface area contributed by atoms with Crippen molar-refractivity contribution in [2.45, 2.75) is 18.1 Å². The third-order valence-electron chi connectivity index (χ3n) is 2.98. The molecule has 0 saturated carbocycles. The Morgan fingerprint density at radius 3 is 2.67 bits per heavy atom. The summed E-state index contributed by atoms with van der Waals surface area (Å²) in [6.07, 6.45) is 0.522. The second-order valence-electron chi connectivity index (χ2n) is 4.38. The van der Waals surface area contributed by atoms with Crippen molar-refractivity contribution in [2.24, 2.45) is 5.73 Å². The molecule has 0 unspecified atom stereocenters. The summed E-state index contributed by atoms with van der Waals surface area (Å²) in [5.74, 6) is 1.17. The molecule has 0 radical (unpaired) electrons. The molecule has 0 amide bonds. The van der Waals surface area contributed by atoms with E-state index < -0.39 is 10.0 Å². The van der Waals surface area contributed by atoms with E-state index in [0.29, 0.717) is 12.2 Å². The largest absolute Gasteiger partial charge is 0.496 e. The third-order valence-corrected chi connectivity index (χ3v) is 4.32. The zero-order valence-electron chi connectivity index (χ0n) is 11.7. The summed E-state index contributed by atoms with van der Waals surface area (Å²) in [4.78, 5) is 0. The first-order valence-corrected chi connectivity index (χ1v) is 7.95. The van der Waals surface area contributed by atoms with Gasteiger partial charge in [0.2, 0.25) is 5.09 Å². The van der Waals surface area contributed by atoms with E-state index in [0.717, 1.165) is 11.3 Å². The van der Waals surface area contributed by atoms with Gasteiger partial charge >= 0.3 is 0 Å². The summed E-state index contributed by atoms with van der Waals surface area (Å²) in [5.41, 5.74) is 6.33. The van der Waals surface area contributed by atoms with Gasteiger partial charge in [0, 0.05) is 6.54 Å². The number of sulfonamides is 1. The summed E-state index contributed by atoms with van der Waals surface area (Å²) in [6.45, 7) is 0.415. The Morgan fingerprint density at radius 1 is 1.24 bits per heavy atom. The predicted octanol–water partition coefficient (Wildman–Crippen LogP) is 1.27. The highest BCUT2D eigenvalue weighted by Crippen LogP contribution is 2.18. The highest BCUT2D eigenvalue weighted by atomic mass is 32.2. The highest BCUT2D eigenvalue weighted by Gasteiger charge is 2.18. The lowest BCUT2D eigenvalue weighted by Gasteiger charge is -2.08. The molecule has 6 nitrogen and oxygen atoms in total. The number of hydrogen-bond donors (Lipinski definition) is 2. The number of methoxy groups -OCH3 is 1. The van der Waals surface area contributed by atoms with E-state index in [1.807, 2.05) is 24.3 Å². The van der Waals surface area contributed by atoms with Gasteiger partial charge in [-0.25, -0.2) is 13.1 Å². The van der Waals surface area contributed by atoms with Crippen molar-refractivity contribution in [1.82, 2.24) is 4.72 Å². The van der Waals surface area contributed by atoms with Crippen molar-refractivity contribution in [3.8, 4) is 5.75 Å². The molecule has 1 aromatic heterocycles. The molecular weight excluding hydrogens is 292 g/mol. The van der Waals surface area contributed by atoms with Gasteiger partial charge in [-0.2, -0.15) is 0 Å². The smallest absolute Gasteiger partial charge is 0.273 e. The molecular formula is C14H18N2O4S. The number of nitrogens with two attached hydrogens (primary N) is 1. The number of furan rings is 1. The van der Waals surface area contributed by atoms with E-state index in [4.69, 9.17) is 14.9 Å². The van der Waals surface area contributed by atoms with Crippen molar-refractivity contribution in [3.63, 3.8) is 0 Å². The van der Waals surface area contributed by atoms with Gasteiger partial charge in [-0.1, -0.05) is 18.2 Å². The molecule has 7 heteroatoms. The molecule has 0 aliphatic rings. The van der Waals surface area contributed by atoms with Crippen LogP contribution in [-0.2, 0) is 23.0 Å². The highest BCUT2D eigenvalue weighted by molar-refractivity contribution is 7.89. The van der Waals surface area contributed by atoms with Crippen LogP contribution in [0.2, 0.25) is 0 Å². The number of ether oxygens (including phenoxy) is 1. The standard InChI is InChI=1S/C14H18N2O4S/c1-19-13-5-3-2-4-11(13)8-9-16-21(17,18)14-7-6-12(10-15)20-14/h2-7,16H,8-10,15H2,1H3. The first-order chi connectivity index (χ1) is 10.1. The van der Waals surface area contributed by atoms with Gasteiger partial charge in [0.05, 0.1) is 13.7 Å². The maximum Gasteiger partial charge on any atom is 0.273 e. The molecule has 0 spiro atoms. The summed E-state index contributed by atoms with van der Waals surface area (Å²) < 4.78 is 36.9. The van der Waals surface area contributed by atoms with Crippen molar-refractivity contribution in [3.05, 3.63) is 47.7 Å². The molecule has 3 N–H and O–H groups in total. The second kappa shape index (κ2) is 6.75. The van der Waals surface area contributed by atoms with Crippen LogP contribution >= 0.6 is 0 Å². The van der Waals surface area contributed by atoms with Crippen LogP contribution in [0.5, 0.6) is 5.75 Å². The fraction of sp³-hybridized carbons (Fsp3) is 0.286. The van der Waals surface area contributed by atoms with Crippen LogP contribution in [-0.4, -0.2) is 22.1 Å². The molecule has 0 fully saturated rings. The lowest BCUT2D eigenvalue weighted by molar-refractivity contribution is 0.408. The average molecular weight is 310 g/mol. The monoisotopic (exact) mass is 310 g/mol. The summed E-state index contributed by atoms with van der Waals surface area (Å²) >= 11 is 0. The first kappa shape index (κ1) is 15.6. The van der Waals surface area contributed by atoms with Crippen molar-refractivity contribution in [1.29, 1.82) is 0 Å². The van der Waals surface area contributed by atoms with E-state index in [9.17, 15) is 8.42 Å². The molecule has 1 heterocycles. The van der Waals surface area contributed by atoms with Gasteiger partial charge in [-0.15, -0.1) is 0 Å². The normalized spacial score (nSPS) is 11.5. The van der Waals surface area contributed by atoms with Crippen LogP contribution in [0.1, 0.15) is 11.3 Å². The van der Waals surface area contributed by atoms with Gasteiger partial charge in [0.15, 0.2) is 0 Å². The van der Waals surface area contributed by atoms with E-state index in [1.165, 1.54) is 6.07 Å². The van der Waals surface area contributed by atoms with Gasteiger partial charge in [0.25, 0.3) is 10.0 Å². The fourth-order valence-electron chi connectivity index (χ4n) is 1.91. The Bertz CT molecular complexity index is 695. The average Bonchev–Trinajstić information content (AvgIpc) is 2.97. The number of rotatable bonds is 7. The zero-order chi connectivity index (χ0) is 15.3. The lowest BCUT2D eigenvalue weighted by atomic mass is 10.1. The fourth-order valence-corrected chi connectivity index (χ4v) is 2.89. The summed E-state index contributed by atoms with van der Waals surface area (Å²) in [7, 11) is -2.07. The molecule has 0 atom stereocenters. The van der Waals surface area contributed by atoms with Crippen LogP contribution in [0.4, 0.5) is 0 Å². The third kappa shape index (κ3) is 3.84. The summed E-state index contributed by atoms with van der Waals surface area (Å²) in [6, 6.07) is 10.4. The lowest BCUT2D eigenvalue weighted by Crippen LogP contribution is -2.25. The maximum atomic E-state index is 12.0. The molecule has 21 heavy (non-hydrogen) atoms. The Morgan fingerprint density at radius 2 is 2.00 bits per heavy atom. The Labute approximate surface area is 124 Å². The van der Waals surface area contributed by atoms with Gasteiger partial charge < -0.3 is 14.9 Å². The number of hydrogen-bond acceptors (Lipinski definition) is 5. The summed E-state index contributed by atoms with van der Waals surface area (Å²) in [5, 5.41) is -0.122. The van der Waals surface area contributed by atoms with Gasteiger partial charge in [0.1, 0.15) is 11.5 Å². The Balaban J connectivity index is 1.99.